The molecule has 9 nitrogen and oxygen atoms in total. The third kappa shape index (κ3) is 10.9. The summed E-state index contributed by atoms with van der Waals surface area (Å²) in [5.74, 6) is -1.82. The van der Waals surface area contributed by atoms with Crippen molar-refractivity contribution in [3.05, 3.63) is 77.4 Å². The summed E-state index contributed by atoms with van der Waals surface area (Å²) in [6, 6.07) is 18.4. The van der Waals surface area contributed by atoms with E-state index in [0.717, 1.165) is 29.1 Å². The number of carboxylic acid groups (broad SMARTS) is 2. The number of carbonyl (C=O) groups is 4. The topological polar surface area (TPSA) is 150 Å². The van der Waals surface area contributed by atoms with Crippen molar-refractivity contribution in [2.75, 3.05) is 17.7 Å². The number of benzene rings is 3. The molecule has 1 amide bonds. The molecule has 3 aromatic carbocycles. The van der Waals surface area contributed by atoms with Gasteiger partial charge in [-0.2, -0.15) is 0 Å². The lowest BCUT2D eigenvalue weighted by Gasteiger charge is -2.24. The van der Waals surface area contributed by atoms with Crippen LogP contribution in [-0.2, 0) is 20.8 Å². The van der Waals surface area contributed by atoms with Crippen molar-refractivity contribution in [1.29, 1.82) is 0 Å². The molecule has 11 heteroatoms. The molecule has 0 aliphatic carbocycles. The van der Waals surface area contributed by atoms with Crippen LogP contribution in [0.2, 0.25) is 0 Å². The summed E-state index contributed by atoms with van der Waals surface area (Å²) in [5, 5.41) is 31.4. The van der Waals surface area contributed by atoms with E-state index in [1.165, 1.54) is 18.7 Å². The lowest BCUT2D eigenvalue weighted by molar-refractivity contribution is -0.140. The van der Waals surface area contributed by atoms with Gasteiger partial charge in [0, 0.05) is 32.8 Å². The number of anilines is 1. The lowest BCUT2D eigenvalue weighted by atomic mass is 9.97. The molecule has 3 aromatic rings. The molecule has 0 aromatic heterocycles. The van der Waals surface area contributed by atoms with Gasteiger partial charge in [0.1, 0.15) is 17.9 Å². The largest absolute Gasteiger partial charge is 0.507 e. The fourth-order valence-electron chi connectivity index (χ4n) is 4.75. The molecule has 0 heterocycles. The van der Waals surface area contributed by atoms with Crippen molar-refractivity contribution in [2.45, 2.75) is 67.9 Å². The fourth-order valence-corrected chi connectivity index (χ4v) is 6.87. The second-order valence-corrected chi connectivity index (χ2v) is 12.9. The highest BCUT2D eigenvalue weighted by Crippen LogP contribution is 2.45. The number of thioether (sulfide) groups is 2. The van der Waals surface area contributed by atoms with Gasteiger partial charge in [-0.15, -0.1) is 23.5 Å². The molecule has 45 heavy (non-hydrogen) atoms. The Morgan fingerprint density at radius 1 is 0.956 bits per heavy atom. The van der Waals surface area contributed by atoms with Crippen molar-refractivity contribution in [2.24, 2.45) is 5.92 Å². The minimum atomic E-state index is -1.22. The van der Waals surface area contributed by atoms with Gasteiger partial charge in [-0.1, -0.05) is 44.5 Å². The first kappa shape index (κ1) is 35.5. The molecule has 0 bridgehead atoms. The van der Waals surface area contributed by atoms with Crippen molar-refractivity contribution < 1.29 is 39.2 Å². The van der Waals surface area contributed by atoms with Gasteiger partial charge in [-0.25, -0.2) is 0 Å². The summed E-state index contributed by atoms with van der Waals surface area (Å²) in [7, 11) is 0. The number of carboxylic acids is 2. The summed E-state index contributed by atoms with van der Waals surface area (Å²) < 4.78 is 5.97. The third-order valence-electron chi connectivity index (χ3n) is 6.88. The second-order valence-electron chi connectivity index (χ2n) is 10.6. The van der Waals surface area contributed by atoms with E-state index in [1.54, 1.807) is 36.0 Å². The third-order valence-corrected chi connectivity index (χ3v) is 9.58. The van der Waals surface area contributed by atoms with E-state index >= 15 is 0 Å². The number of amides is 1. The van der Waals surface area contributed by atoms with Crippen molar-refractivity contribution in [3.63, 3.8) is 0 Å². The minimum Gasteiger partial charge on any atom is -0.507 e. The van der Waals surface area contributed by atoms with E-state index in [1.807, 2.05) is 50.2 Å². The number of carbonyl (C=O) groups excluding carboxylic acids is 2. The van der Waals surface area contributed by atoms with E-state index in [2.05, 4.69) is 5.32 Å². The molecule has 0 fully saturated rings. The van der Waals surface area contributed by atoms with E-state index in [4.69, 9.17) is 9.84 Å². The molecule has 0 radical (unpaired) electrons. The molecule has 240 valence electrons. The Kier molecular flexibility index (Phi) is 13.8. The van der Waals surface area contributed by atoms with Crippen LogP contribution in [0.3, 0.4) is 0 Å². The number of hydrogen-bond donors (Lipinski definition) is 4. The quantitative estimate of drug-likeness (QED) is 0.0471. The van der Waals surface area contributed by atoms with Gasteiger partial charge in [0.25, 0.3) is 0 Å². The number of phenols is 1. The first-order valence-electron chi connectivity index (χ1n) is 14.7. The minimum absolute atomic E-state index is 0.00289. The monoisotopic (exact) mass is 653 g/mol. The molecule has 0 aliphatic rings. The molecule has 4 N–H and O–H groups in total. The number of rotatable bonds is 18. The maximum atomic E-state index is 12.1. The van der Waals surface area contributed by atoms with E-state index < -0.39 is 24.3 Å². The van der Waals surface area contributed by atoms with Gasteiger partial charge in [-0.3, -0.25) is 19.2 Å². The predicted octanol–water partition coefficient (Wildman–Crippen LogP) is 7.47. The van der Waals surface area contributed by atoms with Crippen molar-refractivity contribution in [1.82, 2.24) is 0 Å². The Balaban J connectivity index is 1.65. The Hall–Kier alpha value is -3.96. The van der Waals surface area contributed by atoms with Crippen LogP contribution < -0.4 is 10.1 Å². The normalized spacial score (nSPS) is 12.2. The highest BCUT2D eigenvalue weighted by Gasteiger charge is 2.25. The average Bonchev–Trinajstić information content (AvgIpc) is 2.97. The van der Waals surface area contributed by atoms with Crippen LogP contribution in [0.25, 0.3) is 0 Å². The van der Waals surface area contributed by atoms with Crippen LogP contribution in [0, 0.1) is 5.92 Å². The number of Topliss-reactive ketones (excluding diaryl/α,β-unsaturated/α-hetero) is 1. The number of para-hydroxylation sites is 1. The zero-order valence-corrected chi connectivity index (χ0v) is 27.2. The highest BCUT2D eigenvalue weighted by molar-refractivity contribution is 7.99. The first-order chi connectivity index (χ1) is 21.5. The first-order valence-corrected chi connectivity index (χ1v) is 16.6. The highest BCUT2D eigenvalue weighted by atomic mass is 32.2. The van der Waals surface area contributed by atoms with Gasteiger partial charge in [0.2, 0.25) is 5.91 Å². The van der Waals surface area contributed by atoms with Gasteiger partial charge in [0.15, 0.2) is 5.78 Å². The molecule has 3 rings (SSSR count). The Morgan fingerprint density at radius 2 is 1.67 bits per heavy atom. The summed E-state index contributed by atoms with van der Waals surface area (Å²) >= 11 is 3.10. The number of aliphatic carboxylic acids is 2. The zero-order chi connectivity index (χ0) is 32.9. The molecule has 0 spiro atoms. The summed E-state index contributed by atoms with van der Waals surface area (Å²) in [6.07, 6.45) is 1.48. The standard InChI is InChI=1S/C34H39NO8S2/c1-4-8-26-28(16-15-25(22(3)36)33(26)42)43-17-7-18-44-24-13-11-23(12-14-24)34(21(2)19-31(38)39)45-29-10-6-5-9-27(29)35-30(37)20-32(40)41/h5-6,9-16,21,34,42H,4,7-8,17-20H2,1-3H3,(H,35,37)(H,38,39)(H,40,41). The van der Waals surface area contributed by atoms with E-state index in [0.29, 0.717) is 40.5 Å². The predicted molar refractivity (Wildman–Crippen MR) is 177 cm³/mol. The van der Waals surface area contributed by atoms with Crippen LogP contribution >= 0.6 is 23.5 Å². The lowest BCUT2D eigenvalue weighted by Crippen LogP contribution is -2.17. The van der Waals surface area contributed by atoms with Gasteiger partial charge in [0.05, 0.1) is 17.9 Å². The molecule has 2 unspecified atom stereocenters. The van der Waals surface area contributed by atoms with E-state index in [-0.39, 0.29) is 29.1 Å². The Bertz CT molecular complexity index is 1490. The van der Waals surface area contributed by atoms with Crippen LogP contribution in [0.5, 0.6) is 11.5 Å². The average molecular weight is 654 g/mol. The number of ether oxygens (including phenoxy) is 1. The Morgan fingerprint density at radius 3 is 2.31 bits per heavy atom. The molecule has 2 atom stereocenters. The smallest absolute Gasteiger partial charge is 0.312 e. The Labute approximate surface area is 271 Å². The molecule has 0 aliphatic heterocycles. The van der Waals surface area contributed by atoms with Gasteiger partial charge in [-0.05, 0) is 67.6 Å². The number of nitrogens with one attached hydrogen (secondary N) is 1. The van der Waals surface area contributed by atoms with Crippen LogP contribution in [0.1, 0.15) is 73.2 Å². The van der Waals surface area contributed by atoms with Crippen molar-refractivity contribution in [3.8, 4) is 11.5 Å². The molecular formula is C34H39NO8S2. The van der Waals surface area contributed by atoms with Crippen LogP contribution in [0.4, 0.5) is 5.69 Å². The summed E-state index contributed by atoms with van der Waals surface area (Å²) in [5.41, 5.74) is 2.37. The molecular weight excluding hydrogens is 615 g/mol. The van der Waals surface area contributed by atoms with Gasteiger partial charge >= 0.3 is 11.9 Å². The number of phenolic OH excluding ortho intramolecular Hbond substituents is 1. The van der Waals surface area contributed by atoms with Gasteiger partial charge < -0.3 is 25.4 Å². The molecule has 0 saturated carbocycles. The maximum Gasteiger partial charge on any atom is 0.312 e. The SMILES string of the molecule is CCCc1c(OCCCSc2ccc(C(Sc3ccccc3NC(=O)CC(=O)O)C(C)CC(=O)O)cc2)ccc(C(C)=O)c1O. The number of ketones is 1. The number of hydrogen-bond acceptors (Lipinski definition) is 8. The molecule has 0 saturated heterocycles. The van der Waals surface area contributed by atoms with Crippen LogP contribution in [-0.4, -0.2) is 51.3 Å². The fraction of sp³-hybridized carbons (Fsp3) is 0.353. The zero-order valence-electron chi connectivity index (χ0n) is 25.6. The second kappa shape index (κ2) is 17.5. The summed E-state index contributed by atoms with van der Waals surface area (Å²) in [6.45, 7) is 5.76. The summed E-state index contributed by atoms with van der Waals surface area (Å²) in [4.78, 5) is 48.2. The maximum absolute atomic E-state index is 12.1. The van der Waals surface area contributed by atoms with Crippen molar-refractivity contribution >= 4 is 52.8 Å². The number of aromatic hydroxyl groups is 1. The van der Waals surface area contributed by atoms with Crippen LogP contribution in [0.15, 0.2) is 70.5 Å². The van der Waals surface area contributed by atoms with E-state index in [9.17, 15) is 29.4 Å².